The molecule has 0 amide bonds. The van der Waals surface area contributed by atoms with Gasteiger partial charge >= 0.3 is 0 Å². The zero-order valence-corrected chi connectivity index (χ0v) is 10.9. The van der Waals surface area contributed by atoms with Crippen molar-refractivity contribution in [2.45, 2.75) is 32.7 Å². The third-order valence-electron chi connectivity index (χ3n) is 4.29. The molecule has 1 aliphatic rings. The first-order chi connectivity index (χ1) is 8.11. The Morgan fingerprint density at radius 2 is 1.88 bits per heavy atom. The highest BCUT2D eigenvalue weighted by atomic mass is 15.2. The molecular formula is C15H19N2+. The lowest BCUT2D eigenvalue weighted by molar-refractivity contribution is -0.719. The molecule has 2 heterocycles. The summed E-state index contributed by atoms with van der Waals surface area (Å²) in [6, 6.07) is 9.31. The molecular weight excluding hydrogens is 208 g/mol. The van der Waals surface area contributed by atoms with Crippen LogP contribution in [-0.2, 0) is 7.05 Å². The van der Waals surface area contributed by atoms with Crippen LogP contribution in [0.1, 0.15) is 37.2 Å². The van der Waals surface area contributed by atoms with Gasteiger partial charge in [0, 0.05) is 18.4 Å². The van der Waals surface area contributed by atoms with E-state index in [4.69, 9.17) is 0 Å². The van der Waals surface area contributed by atoms with Crippen LogP contribution in [0.5, 0.6) is 0 Å². The number of benzene rings is 1. The van der Waals surface area contributed by atoms with Crippen LogP contribution < -0.4 is 4.57 Å². The van der Waals surface area contributed by atoms with Gasteiger partial charge in [-0.1, -0.05) is 31.2 Å². The SMILES string of the molecule is Cc1n(C)cc2[n+]1C(C)C(C)c1ccccc1-2. The molecule has 0 spiro atoms. The number of nitrogens with zero attached hydrogens (tertiary/aromatic N) is 2. The van der Waals surface area contributed by atoms with E-state index in [0.717, 1.165) is 0 Å². The predicted octanol–water partition coefficient (Wildman–Crippen LogP) is 2.97. The van der Waals surface area contributed by atoms with Crippen molar-refractivity contribution in [3.8, 4) is 11.3 Å². The smallest absolute Gasteiger partial charge is 0.236 e. The number of imidazole rings is 1. The van der Waals surface area contributed by atoms with Gasteiger partial charge in [-0.2, -0.15) is 0 Å². The minimum atomic E-state index is 0.529. The Kier molecular flexibility index (Phi) is 2.15. The van der Waals surface area contributed by atoms with Crippen LogP contribution in [0.4, 0.5) is 0 Å². The molecule has 2 unspecified atom stereocenters. The number of aryl methyl sites for hydroxylation is 1. The van der Waals surface area contributed by atoms with Gasteiger partial charge in [-0.3, -0.25) is 0 Å². The van der Waals surface area contributed by atoms with Crippen molar-refractivity contribution in [3.63, 3.8) is 0 Å². The van der Waals surface area contributed by atoms with E-state index in [-0.39, 0.29) is 0 Å². The van der Waals surface area contributed by atoms with E-state index in [1.807, 2.05) is 0 Å². The van der Waals surface area contributed by atoms with Gasteiger partial charge in [0.2, 0.25) is 0 Å². The first-order valence-corrected chi connectivity index (χ1v) is 6.28. The summed E-state index contributed by atoms with van der Waals surface area (Å²) in [5.74, 6) is 1.90. The molecule has 3 rings (SSSR count). The molecule has 2 aromatic rings. The fourth-order valence-electron chi connectivity index (χ4n) is 3.01. The average Bonchev–Trinajstić information content (AvgIpc) is 2.63. The summed E-state index contributed by atoms with van der Waals surface area (Å²) in [5.41, 5.74) is 4.22. The molecule has 0 radical (unpaired) electrons. The van der Waals surface area contributed by atoms with Crippen molar-refractivity contribution >= 4 is 0 Å². The topological polar surface area (TPSA) is 8.81 Å². The second-order valence-electron chi connectivity index (χ2n) is 5.16. The van der Waals surface area contributed by atoms with Crippen LogP contribution in [-0.4, -0.2) is 4.57 Å². The van der Waals surface area contributed by atoms with Crippen molar-refractivity contribution in [1.29, 1.82) is 0 Å². The van der Waals surface area contributed by atoms with Crippen molar-refractivity contribution in [3.05, 3.63) is 41.9 Å². The normalized spacial score (nSPS) is 22.1. The maximum absolute atomic E-state index is 2.47. The van der Waals surface area contributed by atoms with Crippen LogP contribution in [0.15, 0.2) is 30.5 Å². The lowest BCUT2D eigenvalue weighted by atomic mass is 9.86. The number of fused-ring (bicyclic) bond motifs is 3. The first-order valence-electron chi connectivity index (χ1n) is 6.28. The van der Waals surface area contributed by atoms with Crippen LogP contribution >= 0.6 is 0 Å². The molecule has 0 bridgehead atoms. The van der Waals surface area contributed by atoms with E-state index in [1.54, 1.807) is 0 Å². The van der Waals surface area contributed by atoms with Gasteiger partial charge in [0.05, 0.1) is 7.05 Å². The second kappa shape index (κ2) is 3.46. The predicted molar refractivity (Wildman–Crippen MR) is 68.9 cm³/mol. The highest BCUT2D eigenvalue weighted by Crippen LogP contribution is 2.37. The summed E-state index contributed by atoms with van der Waals surface area (Å²) < 4.78 is 4.69. The first kappa shape index (κ1) is 10.6. The van der Waals surface area contributed by atoms with Gasteiger partial charge in [-0.05, 0) is 12.5 Å². The fourth-order valence-corrected chi connectivity index (χ4v) is 3.01. The third-order valence-corrected chi connectivity index (χ3v) is 4.29. The number of hydrogen-bond donors (Lipinski definition) is 0. The number of rotatable bonds is 0. The van der Waals surface area contributed by atoms with Gasteiger partial charge in [-0.25, -0.2) is 9.13 Å². The maximum Gasteiger partial charge on any atom is 0.253 e. The fraction of sp³-hybridized carbons (Fsp3) is 0.400. The molecule has 2 heteroatoms. The molecule has 0 N–H and O–H groups in total. The molecule has 17 heavy (non-hydrogen) atoms. The van der Waals surface area contributed by atoms with Crippen LogP contribution in [0.25, 0.3) is 11.3 Å². The Labute approximate surface area is 103 Å². The van der Waals surface area contributed by atoms with E-state index in [1.165, 1.54) is 22.6 Å². The average molecular weight is 227 g/mol. The molecule has 1 aliphatic heterocycles. The van der Waals surface area contributed by atoms with Gasteiger partial charge in [-0.15, -0.1) is 0 Å². The minimum absolute atomic E-state index is 0.529. The Morgan fingerprint density at radius 3 is 2.65 bits per heavy atom. The Bertz CT molecular complexity index is 581. The largest absolute Gasteiger partial charge is 0.253 e. The summed E-state index contributed by atoms with van der Waals surface area (Å²) in [5, 5.41) is 0. The van der Waals surface area contributed by atoms with E-state index < -0.39 is 0 Å². The molecule has 2 nitrogen and oxygen atoms in total. The van der Waals surface area contributed by atoms with Crippen LogP contribution in [0, 0.1) is 6.92 Å². The van der Waals surface area contributed by atoms with Crippen molar-refractivity contribution < 1.29 is 4.57 Å². The third kappa shape index (κ3) is 1.30. The monoisotopic (exact) mass is 227 g/mol. The van der Waals surface area contributed by atoms with Crippen molar-refractivity contribution in [2.75, 3.05) is 0 Å². The molecule has 2 atom stereocenters. The molecule has 0 saturated heterocycles. The summed E-state index contributed by atoms with van der Waals surface area (Å²) >= 11 is 0. The second-order valence-corrected chi connectivity index (χ2v) is 5.16. The summed E-state index contributed by atoms with van der Waals surface area (Å²) in [7, 11) is 2.13. The zero-order valence-electron chi connectivity index (χ0n) is 10.9. The number of aromatic nitrogens is 2. The van der Waals surface area contributed by atoms with Gasteiger partial charge in [0.1, 0.15) is 12.2 Å². The molecule has 88 valence electrons. The summed E-state index contributed by atoms with van der Waals surface area (Å²) in [6.45, 7) is 6.84. The Balaban J connectivity index is 2.36. The molecule has 0 fully saturated rings. The van der Waals surface area contributed by atoms with Crippen molar-refractivity contribution in [1.82, 2.24) is 4.57 Å². The highest BCUT2D eigenvalue weighted by molar-refractivity contribution is 5.63. The van der Waals surface area contributed by atoms with Gasteiger partial charge in [0.25, 0.3) is 5.82 Å². The van der Waals surface area contributed by atoms with Crippen molar-refractivity contribution in [2.24, 2.45) is 7.05 Å². The lowest BCUT2D eigenvalue weighted by Crippen LogP contribution is -2.46. The lowest BCUT2D eigenvalue weighted by Gasteiger charge is -2.27. The zero-order chi connectivity index (χ0) is 12.2. The molecule has 0 saturated carbocycles. The Morgan fingerprint density at radius 1 is 1.18 bits per heavy atom. The molecule has 0 aliphatic carbocycles. The van der Waals surface area contributed by atoms with E-state index in [2.05, 4.69) is 67.4 Å². The standard InChI is InChI=1S/C15H19N2/c1-10-11(2)17-12(3)16(4)9-15(17)14-8-6-5-7-13(10)14/h5-11H,1-4H3/q+1. The molecule has 1 aromatic carbocycles. The van der Waals surface area contributed by atoms with E-state index in [0.29, 0.717) is 12.0 Å². The molecule has 1 aromatic heterocycles. The highest BCUT2D eigenvalue weighted by Gasteiger charge is 2.34. The van der Waals surface area contributed by atoms with Crippen LogP contribution in [0.2, 0.25) is 0 Å². The number of hydrogen-bond acceptors (Lipinski definition) is 0. The minimum Gasteiger partial charge on any atom is -0.236 e. The van der Waals surface area contributed by atoms with Gasteiger partial charge in [0.15, 0.2) is 5.69 Å². The summed E-state index contributed by atoms with van der Waals surface area (Å²) in [6.07, 6.45) is 2.25. The van der Waals surface area contributed by atoms with E-state index in [9.17, 15) is 0 Å². The van der Waals surface area contributed by atoms with E-state index >= 15 is 0 Å². The Hall–Kier alpha value is -1.57. The maximum atomic E-state index is 2.47. The quantitative estimate of drug-likeness (QED) is 0.612. The van der Waals surface area contributed by atoms with Gasteiger partial charge < -0.3 is 0 Å². The summed E-state index contributed by atoms with van der Waals surface area (Å²) in [4.78, 5) is 0. The van der Waals surface area contributed by atoms with Crippen LogP contribution in [0.3, 0.4) is 0 Å².